The highest BCUT2D eigenvalue weighted by Gasteiger charge is 2.35. The van der Waals surface area contributed by atoms with Crippen molar-refractivity contribution in [2.75, 3.05) is 7.11 Å². The van der Waals surface area contributed by atoms with Crippen LogP contribution < -0.4 is 4.72 Å². The van der Waals surface area contributed by atoms with Crippen LogP contribution in [0.5, 0.6) is 0 Å². The summed E-state index contributed by atoms with van der Waals surface area (Å²) in [6, 6.07) is 2.51. The normalized spacial score (nSPS) is 29.8. The van der Waals surface area contributed by atoms with E-state index in [1.54, 1.807) is 11.9 Å². The molecule has 1 saturated carbocycles. The number of hydrogen-bond donors (Lipinski definition) is 1. The van der Waals surface area contributed by atoms with Crippen molar-refractivity contribution in [3.8, 4) is 0 Å². The van der Waals surface area contributed by atoms with Crippen molar-refractivity contribution in [3.05, 3.63) is 24.0 Å². The van der Waals surface area contributed by atoms with E-state index >= 15 is 0 Å². The standard InChI is InChI=1S/C14H18N2O2S/c1-18-14(17)10-4-2-9(3-5-10)13-11-6-7-15-8-12(11)19-16-13/h6-10,13,16H,2-5H2,1H3/t9-,10-,13?. The molecule has 1 aromatic rings. The van der Waals surface area contributed by atoms with Gasteiger partial charge in [0, 0.05) is 23.3 Å². The average Bonchev–Trinajstić information content (AvgIpc) is 2.90. The summed E-state index contributed by atoms with van der Waals surface area (Å²) in [5, 5.41) is 0. The monoisotopic (exact) mass is 278 g/mol. The Bertz CT molecular complexity index is 472. The zero-order chi connectivity index (χ0) is 13.2. The highest BCUT2D eigenvalue weighted by molar-refractivity contribution is 7.97. The summed E-state index contributed by atoms with van der Waals surface area (Å²) in [4.78, 5) is 16.9. The van der Waals surface area contributed by atoms with Gasteiger partial charge in [-0.2, -0.15) is 0 Å². The van der Waals surface area contributed by atoms with Gasteiger partial charge in [0.15, 0.2) is 0 Å². The van der Waals surface area contributed by atoms with Crippen molar-refractivity contribution >= 4 is 17.9 Å². The molecule has 1 atom stereocenters. The van der Waals surface area contributed by atoms with Gasteiger partial charge in [-0.25, -0.2) is 0 Å². The Morgan fingerprint density at radius 3 is 2.95 bits per heavy atom. The molecule has 1 aromatic heterocycles. The smallest absolute Gasteiger partial charge is 0.308 e. The van der Waals surface area contributed by atoms with E-state index in [1.807, 2.05) is 12.4 Å². The number of aromatic nitrogens is 1. The fourth-order valence-electron chi connectivity index (χ4n) is 3.13. The summed E-state index contributed by atoms with van der Waals surface area (Å²) in [7, 11) is 1.48. The maximum Gasteiger partial charge on any atom is 0.308 e. The van der Waals surface area contributed by atoms with E-state index < -0.39 is 0 Å². The van der Waals surface area contributed by atoms with E-state index in [0.29, 0.717) is 12.0 Å². The number of carbonyl (C=O) groups excluding carboxylic acids is 1. The van der Waals surface area contributed by atoms with E-state index in [2.05, 4.69) is 15.8 Å². The van der Waals surface area contributed by atoms with Crippen LogP contribution in [-0.4, -0.2) is 18.1 Å². The van der Waals surface area contributed by atoms with E-state index in [0.717, 1.165) is 25.7 Å². The van der Waals surface area contributed by atoms with Crippen molar-refractivity contribution in [3.63, 3.8) is 0 Å². The summed E-state index contributed by atoms with van der Waals surface area (Å²) in [6.45, 7) is 0. The highest BCUT2D eigenvalue weighted by Crippen LogP contribution is 2.44. The first-order valence-corrected chi connectivity index (χ1v) is 7.55. The van der Waals surface area contributed by atoms with Gasteiger partial charge >= 0.3 is 5.97 Å². The summed E-state index contributed by atoms with van der Waals surface area (Å²) >= 11 is 1.68. The van der Waals surface area contributed by atoms with E-state index in [-0.39, 0.29) is 11.9 Å². The van der Waals surface area contributed by atoms with E-state index in [9.17, 15) is 4.79 Å². The second kappa shape index (κ2) is 5.51. The van der Waals surface area contributed by atoms with Crippen molar-refractivity contribution in [1.29, 1.82) is 0 Å². The Morgan fingerprint density at radius 1 is 1.42 bits per heavy atom. The van der Waals surface area contributed by atoms with E-state index in [1.165, 1.54) is 17.6 Å². The lowest BCUT2D eigenvalue weighted by Crippen LogP contribution is -2.28. The number of carbonyl (C=O) groups is 1. The predicted octanol–water partition coefficient (Wildman–Crippen LogP) is 2.71. The molecule has 1 aliphatic carbocycles. The third-order valence-electron chi connectivity index (χ3n) is 4.23. The molecule has 3 rings (SSSR count). The van der Waals surface area contributed by atoms with Gasteiger partial charge in [-0.15, -0.1) is 0 Å². The minimum atomic E-state index is -0.0446. The number of nitrogens with one attached hydrogen (secondary N) is 1. The van der Waals surface area contributed by atoms with Crippen LogP contribution in [0.15, 0.2) is 23.4 Å². The molecule has 19 heavy (non-hydrogen) atoms. The lowest BCUT2D eigenvalue weighted by atomic mass is 9.77. The molecule has 0 bridgehead atoms. The van der Waals surface area contributed by atoms with Gasteiger partial charge in [-0.1, -0.05) is 0 Å². The van der Waals surface area contributed by atoms with Crippen LogP contribution in [0, 0.1) is 11.8 Å². The van der Waals surface area contributed by atoms with Gasteiger partial charge in [0.2, 0.25) is 0 Å². The Kier molecular flexibility index (Phi) is 3.75. The Hall–Kier alpha value is -1.07. The van der Waals surface area contributed by atoms with Crippen LogP contribution in [0.1, 0.15) is 37.3 Å². The van der Waals surface area contributed by atoms with Crippen LogP contribution in [0.4, 0.5) is 0 Å². The van der Waals surface area contributed by atoms with Crippen LogP contribution in [0.2, 0.25) is 0 Å². The maximum atomic E-state index is 11.5. The van der Waals surface area contributed by atoms with Crippen molar-refractivity contribution < 1.29 is 9.53 Å². The van der Waals surface area contributed by atoms with Gasteiger partial charge in [-0.05, 0) is 55.2 Å². The third kappa shape index (κ3) is 2.49. The molecular weight excluding hydrogens is 260 g/mol. The number of hydrogen-bond acceptors (Lipinski definition) is 5. The fourth-order valence-corrected chi connectivity index (χ4v) is 4.13. The average molecular weight is 278 g/mol. The molecule has 5 heteroatoms. The molecule has 0 radical (unpaired) electrons. The molecule has 102 valence electrons. The lowest BCUT2D eigenvalue weighted by molar-refractivity contribution is -0.146. The number of pyridine rings is 1. The SMILES string of the molecule is COC(=O)[C@H]1CC[C@H](C2NSc3cnccc32)CC1. The van der Waals surface area contributed by atoms with E-state index in [4.69, 9.17) is 4.74 Å². The molecule has 1 fully saturated rings. The van der Waals surface area contributed by atoms with Gasteiger partial charge in [0.1, 0.15) is 0 Å². The number of fused-ring (bicyclic) bond motifs is 1. The number of ether oxygens (including phenoxy) is 1. The van der Waals surface area contributed by atoms with Gasteiger partial charge in [0.25, 0.3) is 0 Å². The second-order valence-electron chi connectivity index (χ2n) is 5.25. The molecule has 2 aliphatic rings. The minimum absolute atomic E-state index is 0.0446. The minimum Gasteiger partial charge on any atom is -0.469 e. The summed E-state index contributed by atoms with van der Waals surface area (Å²) in [5.41, 5.74) is 1.36. The van der Waals surface area contributed by atoms with Crippen LogP contribution >= 0.6 is 11.9 Å². The summed E-state index contributed by atoms with van der Waals surface area (Å²) < 4.78 is 8.35. The van der Waals surface area contributed by atoms with Gasteiger partial charge in [-0.3, -0.25) is 14.5 Å². The molecule has 4 nitrogen and oxygen atoms in total. The molecule has 0 aromatic carbocycles. The largest absolute Gasteiger partial charge is 0.469 e. The Balaban J connectivity index is 1.65. The maximum absolute atomic E-state index is 11.5. The van der Waals surface area contributed by atoms with Crippen LogP contribution in [-0.2, 0) is 9.53 Å². The van der Waals surface area contributed by atoms with Crippen molar-refractivity contribution in [2.24, 2.45) is 11.8 Å². The third-order valence-corrected chi connectivity index (χ3v) is 5.16. The zero-order valence-electron chi connectivity index (χ0n) is 11.0. The highest BCUT2D eigenvalue weighted by atomic mass is 32.2. The molecule has 0 spiro atoms. The summed E-state index contributed by atoms with van der Waals surface area (Å²) in [5.74, 6) is 0.668. The first kappa shape index (κ1) is 12.9. The number of rotatable bonds is 2. The number of esters is 1. The number of nitrogens with zero attached hydrogens (tertiary/aromatic N) is 1. The molecule has 0 saturated heterocycles. The summed E-state index contributed by atoms with van der Waals surface area (Å²) in [6.07, 6.45) is 7.84. The number of methoxy groups -OCH3 is 1. The zero-order valence-corrected chi connectivity index (χ0v) is 11.8. The lowest BCUT2D eigenvalue weighted by Gasteiger charge is -2.31. The fraction of sp³-hybridized carbons (Fsp3) is 0.571. The molecule has 1 aliphatic heterocycles. The Morgan fingerprint density at radius 2 is 2.21 bits per heavy atom. The van der Waals surface area contributed by atoms with Crippen molar-refractivity contribution in [1.82, 2.24) is 9.71 Å². The Labute approximate surface area is 117 Å². The van der Waals surface area contributed by atoms with Crippen LogP contribution in [0.25, 0.3) is 0 Å². The molecule has 1 N–H and O–H groups in total. The van der Waals surface area contributed by atoms with Crippen molar-refractivity contribution in [2.45, 2.75) is 36.6 Å². The molecule has 1 unspecified atom stereocenters. The second-order valence-corrected chi connectivity index (χ2v) is 6.13. The van der Waals surface area contributed by atoms with Gasteiger partial charge in [0.05, 0.1) is 13.0 Å². The first-order valence-electron chi connectivity index (χ1n) is 6.73. The molecule has 2 heterocycles. The van der Waals surface area contributed by atoms with Gasteiger partial charge < -0.3 is 4.74 Å². The molecule has 0 amide bonds. The van der Waals surface area contributed by atoms with Crippen LogP contribution in [0.3, 0.4) is 0 Å². The first-order chi connectivity index (χ1) is 9.29. The quantitative estimate of drug-likeness (QED) is 0.666. The predicted molar refractivity (Wildman–Crippen MR) is 73.4 cm³/mol. The topological polar surface area (TPSA) is 51.2 Å². The molecular formula is C14H18N2O2S.